The Morgan fingerprint density at radius 2 is 1.76 bits per heavy atom. The zero-order valence-corrected chi connectivity index (χ0v) is 10.5. The molecule has 0 aliphatic heterocycles. The van der Waals surface area contributed by atoms with E-state index in [1.165, 1.54) is 6.42 Å². The van der Waals surface area contributed by atoms with Crippen molar-refractivity contribution in [2.75, 3.05) is 0 Å². The molecule has 0 bridgehead atoms. The SMILES string of the molecule is NC1(C(=O)N[C@H]2CCCC[C@@H]2O)CCCCC1. The van der Waals surface area contributed by atoms with E-state index in [1.54, 1.807) is 0 Å². The van der Waals surface area contributed by atoms with E-state index in [1.807, 2.05) is 0 Å². The molecule has 98 valence electrons. The summed E-state index contributed by atoms with van der Waals surface area (Å²) in [4.78, 5) is 12.2. The molecule has 2 fully saturated rings. The molecule has 17 heavy (non-hydrogen) atoms. The highest BCUT2D eigenvalue weighted by molar-refractivity contribution is 5.86. The van der Waals surface area contributed by atoms with Crippen molar-refractivity contribution in [3.63, 3.8) is 0 Å². The van der Waals surface area contributed by atoms with E-state index >= 15 is 0 Å². The van der Waals surface area contributed by atoms with Crippen molar-refractivity contribution in [2.24, 2.45) is 5.73 Å². The molecule has 1 amide bonds. The molecule has 2 atom stereocenters. The lowest BCUT2D eigenvalue weighted by molar-refractivity contribution is -0.129. The maximum atomic E-state index is 12.2. The van der Waals surface area contributed by atoms with Gasteiger partial charge in [-0.3, -0.25) is 4.79 Å². The van der Waals surface area contributed by atoms with E-state index in [0.29, 0.717) is 0 Å². The third-order valence-electron chi connectivity index (χ3n) is 4.24. The minimum absolute atomic E-state index is 0.0526. The molecule has 0 unspecified atom stereocenters. The fraction of sp³-hybridized carbons (Fsp3) is 0.923. The van der Waals surface area contributed by atoms with Crippen molar-refractivity contribution >= 4 is 5.91 Å². The number of nitrogens with one attached hydrogen (secondary N) is 1. The van der Waals surface area contributed by atoms with E-state index in [-0.39, 0.29) is 18.1 Å². The van der Waals surface area contributed by atoms with Crippen LogP contribution in [0.1, 0.15) is 57.8 Å². The summed E-state index contributed by atoms with van der Waals surface area (Å²) in [5.74, 6) is -0.0526. The third-order valence-corrected chi connectivity index (χ3v) is 4.24. The second kappa shape index (κ2) is 5.36. The van der Waals surface area contributed by atoms with Crippen LogP contribution in [0, 0.1) is 0 Å². The Balaban J connectivity index is 1.90. The van der Waals surface area contributed by atoms with Crippen LogP contribution in [0.4, 0.5) is 0 Å². The maximum absolute atomic E-state index is 12.2. The van der Waals surface area contributed by atoms with Crippen LogP contribution in [0.25, 0.3) is 0 Å². The first-order chi connectivity index (χ1) is 8.12. The van der Waals surface area contributed by atoms with Crippen LogP contribution >= 0.6 is 0 Å². The number of amides is 1. The summed E-state index contributed by atoms with van der Waals surface area (Å²) >= 11 is 0. The van der Waals surface area contributed by atoms with E-state index in [0.717, 1.165) is 51.4 Å². The highest BCUT2D eigenvalue weighted by atomic mass is 16.3. The first-order valence-corrected chi connectivity index (χ1v) is 6.90. The highest BCUT2D eigenvalue weighted by Gasteiger charge is 2.37. The van der Waals surface area contributed by atoms with Crippen LogP contribution in [0.15, 0.2) is 0 Å². The van der Waals surface area contributed by atoms with Gasteiger partial charge in [-0.2, -0.15) is 0 Å². The minimum Gasteiger partial charge on any atom is -0.391 e. The van der Waals surface area contributed by atoms with Gasteiger partial charge in [0, 0.05) is 0 Å². The van der Waals surface area contributed by atoms with Crippen molar-refractivity contribution < 1.29 is 9.90 Å². The van der Waals surface area contributed by atoms with E-state index in [4.69, 9.17) is 5.73 Å². The molecule has 0 aromatic rings. The molecule has 4 N–H and O–H groups in total. The molecule has 2 rings (SSSR count). The van der Waals surface area contributed by atoms with E-state index < -0.39 is 5.54 Å². The normalized spacial score (nSPS) is 33.1. The van der Waals surface area contributed by atoms with Crippen molar-refractivity contribution in [3.05, 3.63) is 0 Å². The molecule has 2 aliphatic carbocycles. The van der Waals surface area contributed by atoms with Gasteiger partial charge in [0.15, 0.2) is 0 Å². The Morgan fingerprint density at radius 1 is 1.12 bits per heavy atom. The van der Waals surface area contributed by atoms with Crippen molar-refractivity contribution in [1.82, 2.24) is 5.32 Å². The Labute approximate surface area is 103 Å². The Morgan fingerprint density at radius 3 is 2.41 bits per heavy atom. The van der Waals surface area contributed by atoms with E-state index in [9.17, 15) is 9.90 Å². The monoisotopic (exact) mass is 240 g/mol. The number of nitrogens with two attached hydrogens (primary N) is 1. The number of hydrogen-bond acceptors (Lipinski definition) is 3. The lowest BCUT2D eigenvalue weighted by Gasteiger charge is -2.35. The zero-order chi connectivity index (χ0) is 12.3. The zero-order valence-electron chi connectivity index (χ0n) is 10.5. The van der Waals surface area contributed by atoms with Gasteiger partial charge in [0.05, 0.1) is 17.7 Å². The quantitative estimate of drug-likeness (QED) is 0.676. The molecule has 4 heteroatoms. The van der Waals surface area contributed by atoms with Crippen LogP contribution in [-0.2, 0) is 4.79 Å². The van der Waals surface area contributed by atoms with Gasteiger partial charge in [0.2, 0.25) is 5.91 Å². The highest BCUT2D eigenvalue weighted by Crippen LogP contribution is 2.27. The summed E-state index contributed by atoms with van der Waals surface area (Å²) in [5, 5.41) is 12.8. The van der Waals surface area contributed by atoms with Gasteiger partial charge < -0.3 is 16.2 Å². The first kappa shape index (κ1) is 12.8. The number of aliphatic hydroxyl groups is 1. The van der Waals surface area contributed by atoms with Gasteiger partial charge >= 0.3 is 0 Å². The van der Waals surface area contributed by atoms with Crippen LogP contribution in [-0.4, -0.2) is 28.7 Å². The summed E-state index contributed by atoms with van der Waals surface area (Å²) in [6.07, 6.45) is 8.24. The largest absolute Gasteiger partial charge is 0.391 e. The molecule has 2 saturated carbocycles. The average Bonchev–Trinajstić information content (AvgIpc) is 2.33. The number of carbonyl (C=O) groups is 1. The van der Waals surface area contributed by atoms with Crippen molar-refractivity contribution in [2.45, 2.75) is 75.5 Å². The number of aliphatic hydroxyl groups excluding tert-OH is 1. The molecule has 0 aromatic heterocycles. The van der Waals surface area contributed by atoms with E-state index in [2.05, 4.69) is 5.32 Å². The number of hydrogen-bond donors (Lipinski definition) is 3. The van der Waals surface area contributed by atoms with Gasteiger partial charge in [-0.25, -0.2) is 0 Å². The van der Waals surface area contributed by atoms with Crippen LogP contribution in [0.3, 0.4) is 0 Å². The maximum Gasteiger partial charge on any atom is 0.240 e. The molecular weight excluding hydrogens is 216 g/mol. The Hall–Kier alpha value is -0.610. The first-order valence-electron chi connectivity index (χ1n) is 6.90. The smallest absolute Gasteiger partial charge is 0.240 e. The molecule has 4 nitrogen and oxygen atoms in total. The number of rotatable bonds is 2. The van der Waals surface area contributed by atoms with Gasteiger partial charge in [-0.15, -0.1) is 0 Å². The predicted octanol–water partition coefficient (Wildman–Crippen LogP) is 1.07. The molecule has 0 radical (unpaired) electrons. The van der Waals surface area contributed by atoms with Crippen molar-refractivity contribution in [3.8, 4) is 0 Å². The van der Waals surface area contributed by atoms with Gasteiger partial charge in [0.1, 0.15) is 0 Å². The Bertz CT molecular complexity index is 275. The summed E-state index contributed by atoms with van der Waals surface area (Å²) in [7, 11) is 0. The molecular formula is C13H24N2O2. The molecule has 0 heterocycles. The third kappa shape index (κ3) is 2.99. The second-order valence-electron chi connectivity index (χ2n) is 5.65. The molecule has 0 spiro atoms. The van der Waals surface area contributed by atoms with Crippen LogP contribution in [0.2, 0.25) is 0 Å². The van der Waals surface area contributed by atoms with Crippen LogP contribution < -0.4 is 11.1 Å². The number of carbonyl (C=O) groups excluding carboxylic acids is 1. The summed E-state index contributed by atoms with van der Waals surface area (Å²) in [6.45, 7) is 0. The van der Waals surface area contributed by atoms with Crippen molar-refractivity contribution in [1.29, 1.82) is 0 Å². The van der Waals surface area contributed by atoms with Gasteiger partial charge in [-0.1, -0.05) is 32.1 Å². The summed E-state index contributed by atoms with van der Waals surface area (Å²) < 4.78 is 0. The topological polar surface area (TPSA) is 75.4 Å². The fourth-order valence-corrected chi connectivity index (χ4v) is 3.00. The average molecular weight is 240 g/mol. The predicted molar refractivity (Wildman–Crippen MR) is 66.4 cm³/mol. The molecule has 2 aliphatic rings. The summed E-state index contributed by atoms with van der Waals surface area (Å²) in [5.41, 5.74) is 5.49. The molecule has 0 saturated heterocycles. The lowest BCUT2D eigenvalue weighted by Crippen LogP contribution is -2.59. The fourth-order valence-electron chi connectivity index (χ4n) is 3.00. The minimum atomic E-state index is -0.685. The van der Waals surface area contributed by atoms with Gasteiger partial charge in [-0.05, 0) is 25.7 Å². The van der Waals surface area contributed by atoms with Crippen LogP contribution in [0.5, 0.6) is 0 Å². The lowest BCUT2D eigenvalue weighted by atomic mass is 9.81. The second-order valence-corrected chi connectivity index (χ2v) is 5.65. The van der Waals surface area contributed by atoms with Gasteiger partial charge in [0.25, 0.3) is 0 Å². The molecule has 0 aromatic carbocycles. The Kier molecular flexibility index (Phi) is 4.05. The standard InChI is InChI=1S/C13H24N2O2/c14-13(8-4-1-5-9-13)12(17)15-10-6-2-3-7-11(10)16/h10-11,16H,1-9,14H2,(H,15,17)/t10-,11-/m0/s1. The summed E-state index contributed by atoms with van der Waals surface area (Å²) in [6, 6.07) is -0.0846.